The number of hydrogen-bond acceptors (Lipinski definition) is 5. The van der Waals surface area contributed by atoms with Gasteiger partial charge < -0.3 is 9.47 Å². The normalized spacial score (nSPS) is 12.9. The van der Waals surface area contributed by atoms with Crippen molar-refractivity contribution in [2.45, 2.75) is 213 Å². The fraction of sp³-hybridized carbons (Fsp3) is 0.854. The van der Waals surface area contributed by atoms with Gasteiger partial charge in [-0.1, -0.05) is 148 Å². The molecule has 0 aliphatic carbocycles. The van der Waals surface area contributed by atoms with Crippen LogP contribution in [0.2, 0.25) is 0 Å². The molecule has 0 N–H and O–H groups in total. The topological polar surface area (TPSA) is 55.8 Å². The van der Waals surface area contributed by atoms with Crippen LogP contribution >= 0.6 is 12.4 Å². The number of esters is 2. The Hall–Kier alpha value is -1.33. The van der Waals surface area contributed by atoms with Crippen LogP contribution in [0.5, 0.6) is 0 Å². The molecule has 0 rings (SSSR count). The minimum Gasteiger partial charge on any atom is -0.408 e. The second-order valence-corrected chi connectivity index (χ2v) is 13.6. The van der Waals surface area contributed by atoms with E-state index in [9.17, 15) is 9.59 Å². The van der Waals surface area contributed by atoms with Crippen molar-refractivity contribution in [1.82, 2.24) is 4.90 Å². The van der Waals surface area contributed by atoms with E-state index < -0.39 is 5.91 Å². The summed E-state index contributed by atoms with van der Waals surface area (Å²) in [4.78, 5) is 27.1. The third-order valence-corrected chi connectivity index (χ3v) is 8.96. The van der Waals surface area contributed by atoms with E-state index >= 15 is 0 Å². The Bertz CT molecular complexity index is 698. The molecule has 0 saturated carbocycles. The van der Waals surface area contributed by atoms with Gasteiger partial charge in [0.2, 0.25) is 0 Å². The van der Waals surface area contributed by atoms with E-state index in [-0.39, 0.29) is 24.3 Å². The maximum Gasteiger partial charge on any atom is 0.319 e. The fourth-order valence-corrected chi connectivity index (χ4v) is 5.80. The van der Waals surface area contributed by atoms with Crippen molar-refractivity contribution in [3.8, 4) is 0 Å². The average Bonchev–Trinajstić information content (AvgIpc) is 3.04. The first-order chi connectivity index (χ1) is 22.4. The Morgan fingerprint density at radius 3 is 1.02 bits per heavy atom. The lowest BCUT2D eigenvalue weighted by Gasteiger charge is -2.36. The van der Waals surface area contributed by atoms with Crippen LogP contribution in [0.25, 0.3) is 0 Å². The Morgan fingerprint density at radius 2 is 0.745 bits per heavy atom. The minimum absolute atomic E-state index is 0. The lowest BCUT2D eigenvalue weighted by atomic mass is 10.1. The number of nitrogens with zero attached hydrogens (tertiary/aromatic N) is 1. The molecule has 0 unspecified atom stereocenters. The molecule has 0 heterocycles. The van der Waals surface area contributed by atoms with Crippen molar-refractivity contribution in [3.05, 3.63) is 24.3 Å². The number of allylic oxidation sites excluding steroid dienone is 4. The van der Waals surface area contributed by atoms with Gasteiger partial charge >= 0.3 is 17.8 Å². The van der Waals surface area contributed by atoms with Crippen molar-refractivity contribution >= 4 is 24.3 Å². The maximum atomic E-state index is 12.7. The molecule has 0 aromatic carbocycles. The van der Waals surface area contributed by atoms with E-state index in [1.807, 2.05) is 6.92 Å². The van der Waals surface area contributed by atoms with Gasteiger partial charge in [-0.2, -0.15) is 0 Å². The number of rotatable bonds is 34. The second-order valence-electron chi connectivity index (χ2n) is 13.6. The lowest BCUT2D eigenvalue weighted by molar-refractivity contribution is -0.280. The van der Waals surface area contributed by atoms with Crippen LogP contribution in [-0.2, 0) is 19.1 Å². The summed E-state index contributed by atoms with van der Waals surface area (Å²) in [6, 6.07) is 0. The van der Waals surface area contributed by atoms with Gasteiger partial charge in [0.05, 0.1) is 0 Å². The largest absolute Gasteiger partial charge is 0.408 e. The molecule has 0 aromatic rings. The predicted octanol–water partition coefficient (Wildman–Crippen LogP) is 13.2. The summed E-state index contributed by atoms with van der Waals surface area (Å²) in [5.41, 5.74) is 0. The monoisotopic (exact) mass is 684 g/mol. The summed E-state index contributed by atoms with van der Waals surface area (Å²) >= 11 is 0. The smallest absolute Gasteiger partial charge is 0.319 e. The van der Waals surface area contributed by atoms with Crippen LogP contribution in [0.3, 0.4) is 0 Å². The predicted molar refractivity (Wildman–Crippen MR) is 205 cm³/mol. The lowest BCUT2D eigenvalue weighted by Crippen LogP contribution is -2.51. The van der Waals surface area contributed by atoms with E-state index in [2.05, 4.69) is 38.2 Å². The van der Waals surface area contributed by atoms with Crippen molar-refractivity contribution in [2.75, 3.05) is 14.1 Å². The van der Waals surface area contributed by atoms with Crippen LogP contribution in [0.4, 0.5) is 0 Å². The van der Waals surface area contributed by atoms with Gasteiger partial charge in [-0.15, -0.1) is 12.4 Å². The van der Waals surface area contributed by atoms with Crippen molar-refractivity contribution in [3.63, 3.8) is 0 Å². The molecule has 0 aliphatic rings. The molecular weight excluding hydrogens is 606 g/mol. The molecule has 47 heavy (non-hydrogen) atoms. The molecule has 0 radical (unpaired) electrons. The summed E-state index contributed by atoms with van der Waals surface area (Å²) in [5, 5.41) is 0. The maximum absolute atomic E-state index is 12.7. The first-order valence-corrected chi connectivity index (χ1v) is 19.8. The van der Waals surface area contributed by atoms with Crippen molar-refractivity contribution in [2.24, 2.45) is 0 Å². The number of ether oxygens (including phenoxy) is 2. The number of halogens is 1. The third-order valence-electron chi connectivity index (χ3n) is 8.96. The van der Waals surface area contributed by atoms with Gasteiger partial charge in [-0.3, -0.25) is 9.59 Å². The van der Waals surface area contributed by atoms with E-state index in [0.29, 0.717) is 19.3 Å². The van der Waals surface area contributed by atoms with Gasteiger partial charge in [0.1, 0.15) is 0 Å². The number of carbonyl (C=O) groups is 2. The average molecular weight is 685 g/mol. The van der Waals surface area contributed by atoms with Crippen molar-refractivity contribution < 1.29 is 19.1 Å². The third kappa shape index (κ3) is 30.5. The molecule has 278 valence electrons. The molecule has 0 bridgehead atoms. The van der Waals surface area contributed by atoms with Crippen molar-refractivity contribution in [1.29, 1.82) is 0 Å². The number of carbonyl (C=O) groups excluding carboxylic acids is 2. The summed E-state index contributed by atoms with van der Waals surface area (Å²) in [5.74, 6) is -1.90. The molecule has 6 heteroatoms. The van der Waals surface area contributed by atoms with Crippen LogP contribution in [-0.4, -0.2) is 36.8 Å². The van der Waals surface area contributed by atoms with E-state index in [0.717, 1.165) is 51.4 Å². The first kappa shape index (κ1) is 47.8. The Labute approximate surface area is 298 Å². The standard InChI is InChI=1S/C41H77NO4.ClH/c1-6-9-11-13-15-17-19-21-23-25-27-29-31-33-35-37-39(43)45-41(8-3,42(4)5)46-40(44)38-36-34-32-30-28-26-24-22-20-18-16-14-12-10-7-2;/h21-24H,6-20,25-38H2,1-5H3;1H. The van der Waals surface area contributed by atoms with E-state index in [4.69, 9.17) is 9.47 Å². The number of hydrogen-bond donors (Lipinski definition) is 0. The Kier molecular flexibility index (Phi) is 36.6. The molecule has 0 saturated heterocycles. The van der Waals surface area contributed by atoms with Gasteiger partial charge in [-0.05, 0) is 78.3 Å². The zero-order valence-electron chi connectivity index (χ0n) is 31.8. The van der Waals surface area contributed by atoms with Gasteiger partial charge in [0, 0.05) is 19.3 Å². The molecular formula is C41H78ClNO4. The quantitative estimate of drug-likeness (QED) is 0.0292. The summed E-state index contributed by atoms with van der Waals surface area (Å²) in [6.45, 7) is 6.42. The molecule has 0 amide bonds. The Balaban J connectivity index is 0. The zero-order chi connectivity index (χ0) is 34.0. The zero-order valence-corrected chi connectivity index (χ0v) is 32.6. The first-order valence-electron chi connectivity index (χ1n) is 19.8. The van der Waals surface area contributed by atoms with Crippen LogP contribution < -0.4 is 0 Å². The van der Waals surface area contributed by atoms with Gasteiger partial charge in [0.25, 0.3) is 0 Å². The minimum atomic E-state index is -1.32. The summed E-state index contributed by atoms with van der Waals surface area (Å²) < 4.78 is 11.6. The SMILES string of the molecule is CCCCCCCCC=CCCCCCCCC(=O)OC(CC)(OC(=O)CCCCCCCC=CCCCCCCCC)N(C)C.Cl. The van der Waals surface area contributed by atoms with Crippen LogP contribution in [0.15, 0.2) is 24.3 Å². The fourth-order valence-electron chi connectivity index (χ4n) is 5.80. The highest BCUT2D eigenvalue weighted by molar-refractivity contribution is 5.85. The van der Waals surface area contributed by atoms with E-state index in [1.54, 1.807) is 19.0 Å². The second kappa shape index (κ2) is 36.0. The summed E-state index contributed by atoms with van der Waals surface area (Å²) in [7, 11) is 3.60. The highest BCUT2D eigenvalue weighted by Crippen LogP contribution is 2.24. The molecule has 5 nitrogen and oxygen atoms in total. The molecule has 0 fully saturated rings. The molecule has 0 aliphatic heterocycles. The molecule has 0 spiro atoms. The highest BCUT2D eigenvalue weighted by atomic mass is 35.5. The van der Waals surface area contributed by atoms with Crippen LogP contribution in [0, 0.1) is 0 Å². The van der Waals surface area contributed by atoms with Crippen LogP contribution in [0.1, 0.15) is 207 Å². The Morgan fingerprint density at radius 1 is 0.468 bits per heavy atom. The summed E-state index contributed by atoms with van der Waals surface area (Å²) in [6.07, 6.45) is 42.3. The molecule has 0 atom stereocenters. The van der Waals surface area contributed by atoms with E-state index in [1.165, 1.54) is 116 Å². The number of unbranched alkanes of at least 4 members (excludes halogenated alkanes) is 22. The van der Waals surface area contributed by atoms with Gasteiger partial charge in [-0.25, -0.2) is 4.90 Å². The highest BCUT2D eigenvalue weighted by Gasteiger charge is 2.39. The molecule has 0 aromatic heterocycles. The van der Waals surface area contributed by atoms with Gasteiger partial charge in [0.15, 0.2) is 0 Å².